The summed E-state index contributed by atoms with van der Waals surface area (Å²) in [6.45, 7) is 7.03. The van der Waals surface area contributed by atoms with E-state index in [1.54, 1.807) is 0 Å². The van der Waals surface area contributed by atoms with Crippen LogP contribution in [0.5, 0.6) is 0 Å². The van der Waals surface area contributed by atoms with E-state index in [0.29, 0.717) is 0 Å². The van der Waals surface area contributed by atoms with Gasteiger partial charge in [-0.2, -0.15) is 0 Å². The van der Waals surface area contributed by atoms with Crippen LogP contribution >= 0.6 is 15.9 Å². The van der Waals surface area contributed by atoms with Crippen molar-refractivity contribution in [3.05, 3.63) is 28.7 Å². The van der Waals surface area contributed by atoms with E-state index in [1.807, 2.05) is 0 Å². The lowest BCUT2D eigenvalue weighted by Crippen LogP contribution is -2.26. The lowest BCUT2D eigenvalue weighted by molar-refractivity contribution is 0.526. The van der Waals surface area contributed by atoms with Gasteiger partial charge in [0, 0.05) is 17.6 Å². The average Bonchev–Trinajstić information content (AvgIpc) is 3.00. The molecule has 2 heteroatoms. The van der Waals surface area contributed by atoms with Crippen molar-refractivity contribution in [2.24, 2.45) is 0 Å². The molecule has 1 nitrogen and oxygen atoms in total. The van der Waals surface area contributed by atoms with Crippen molar-refractivity contribution in [3.63, 3.8) is 0 Å². The van der Waals surface area contributed by atoms with Crippen molar-refractivity contribution in [3.8, 4) is 0 Å². The van der Waals surface area contributed by atoms with Gasteiger partial charge in [0.15, 0.2) is 0 Å². The number of anilines is 1. The van der Waals surface area contributed by atoms with E-state index in [9.17, 15) is 0 Å². The molecule has 0 aromatic heterocycles. The number of nitrogens with zero attached hydrogens (tertiary/aromatic N) is 1. The Balaban J connectivity index is 2.04. The van der Waals surface area contributed by atoms with Crippen molar-refractivity contribution in [2.45, 2.75) is 206 Å². The van der Waals surface area contributed by atoms with Crippen molar-refractivity contribution >= 4 is 21.6 Å². The van der Waals surface area contributed by atoms with Crippen LogP contribution in [0.25, 0.3) is 0 Å². The molecule has 246 valence electrons. The van der Waals surface area contributed by atoms with Crippen LogP contribution in [-0.4, -0.2) is 13.1 Å². The number of rotatable bonds is 33. The third-order valence-electron chi connectivity index (χ3n) is 9.26. The quantitative estimate of drug-likeness (QED) is 0.0686. The van der Waals surface area contributed by atoms with Crippen molar-refractivity contribution in [2.75, 3.05) is 18.0 Å². The maximum Gasteiger partial charge on any atom is 0.0510 e. The van der Waals surface area contributed by atoms with Gasteiger partial charge in [-0.25, -0.2) is 0 Å². The molecule has 0 N–H and O–H groups in total. The SMILES string of the molecule is CCCCCCCCCCCCCCCCCN(CCCCCCCCCCCCCCCCC)c1ccccc1Br. The summed E-state index contributed by atoms with van der Waals surface area (Å²) in [5.41, 5.74) is 1.40. The molecule has 0 aliphatic heterocycles. The van der Waals surface area contributed by atoms with Gasteiger partial charge in [-0.1, -0.05) is 206 Å². The number of hydrogen-bond donors (Lipinski definition) is 0. The Morgan fingerprint density at radius 1 is 0.381 bits per heavy atom. The molecule has 0 amide bonds. The summed E-state index contributed by atoms with van der Waals surface area (Å²) in [5.74, 6) is 0. The molecular weight excluding hydrogens is 574 g/mol. The molecule has 1 aromatic carbocycles. The molecule has 0 aliphatic carbocycles. The second-order valence-corrected chi connectivity index (χ2v) is 14.2. The maximum atomic E-state index is 3.83. The topological polar surface area (TPSA) is 3.24 Å². The number of hydrogen-bond acceptors (Lipinski definition) is 1. The smallest absolute Gasteiger partial charge is 0.0510 e. The molecule has 0 aliphatic rings. The summed E-state index contributed by atoms with van der Waals surface area (Å²) in [6.07, 6.45) is 43.0. The molecule has 0 bridgehead atoms. The Morgan fingerprint density at radius 3 is 0.929 bits per heavy atom. The van der Waals surface area contributed by atoms with Crippen molar-refractivity contribution in [1.82, 2.24) is 0 Å². The minimum atomic E-state index is 1.21. The third-order valence-corrected chi connectivity index (χ3v) is 9.93. The van der Waals surface area contributed by atoms with E-state index < -0.39 is 0 Å². The highest BCUT2D eigenvalue weighted by Crippen LogP contribution is 2.27. The van der Waals surface area contributed by atoms with E-state index in [0.717, 1.165) is 0 Å². The first kappa shape index (κ1) is 39.5. The zero-order valence-corrected chi connectivity index (χ0v) is 30.3. The first-order valence-electron chi connectivity index (χ1n) is 19.3. The van der Waals surface area contributed by atoms with Gasteiger partial charge >= 0.3 is 0 Å². The van der Waals surface area contributed by atoms with Crippen LogP contribution in [0.2, 0.25) is 0 Å². The molecule has 0 spiro atoms. The number of unbranched alkanes of at least 4 members (excludes halogenated alkanes) is 28. The fourth-order valence-electron chi connectivity index (χ4n) is 6.41. The molecule has 0 atom stereocenters. The Bertz CT molecular complexity index is 625. The summed E-state index contributed by atoms with van der Waals surface area (Å²) >= 11 is 3.83. The lowest BCUT2D eigenvalue weighted by atomic mass is 10.0. The average molecular weight is 649 g/mol. The third kappa shape index (κ3) is 24.9. The zero-order valence-electron chi connectivity index (χ0n) is 28.8. The monoisotopic (exact) mass is 648 g/mol. The van der Waals surface area contributed by atoms with Gasteiger partial charge in [-0.05, 0) is 40.9 Å². The molecule has 42 heavy (non-hydrogen) atoms. The van der Waals surface area contributed by atoms with Crippen LogP contribution in [0.3, 0.4) is 0 Å². The van der Waals surface area contributed by atoms with Crippen LogP contribution < -0.4 is 4.90 Å². The molecular formula is C40H74BrN. The molecule has 0 saturated carbocycles. The highest BCUT2D eigenvalue weighted by atomic mass is 79.9. The summed E-state index contributed by atoms with van der Waals surface area (Å²) in [7, 11) is 0. The number of halogens is 1. The first-order chi connectivity index (χ1) is 20.8. The largest absolute Gasteiger partial charge is 0.371 e. The van der Waals surface area contributed by atoms with Gasteiger partial charge in [0.1, 0.15) is 0 Å². The number of para-hydroxylation sites is 1. The fourth-order valence-corrected chi connectivity index (χ4v) is 6.94. The van der Waals surface area contributed by atoms with Crippen LogP contribution in [0.4, 0.5) is 5.69 Å². The second kappa shape index (κ2) is 31.9. The minimum absolute atomic E-state index is 1.21. The number of benzene rings is 1. The van der Waals surface area contributed by atoms with Crippen LogP contribution in [-0.2, 0) is 0 Å². The van der Waals surface area contributed by atoms with Crippen LogP contribution in [0, 0.1) is 0 Å². The van der Waals surface area contributed by atoms with E-state index in [1.165, 1.54) is 216 Å². The predicted octanol–water partition coefficient (Wildman–Crippen LogP) is 15.0. The normalized spacial score (nSPS) is 11.4. The van der Waals surface area contributed by atoms with E-state index in [2.05, 4.69) is 58.9 Å². The Kier molecular flexibility index (Phi) is 30.0. The van der Waals surface area contributed by atoms with Gasteiger partial charge in [0.2, 0.25) is 0 Å². The highest BCUT2D eigenvalue weighted by molar-refractivity contribution is 9.10. The van der Waals surface area contributed by atoms with E-state index >= 15 is 0 Å². The van der Waals surface area contributed by atoms with Crippen LogP contribution in [0.1, 0.15) is 206 Å². The van der Waals surface area contributed by atoms with Crippen molar-refractivity contribution < 1.29 is 0 Å². The van der Waals surface area contributed by atoms with Crippen molar-refractivity contribution in [1.29, 1.82) is 0 Å². The Morgan fingerprint density at radius 2 is 0.643 bits per heavy atom. The maximum absolute atomic E-state index is 3.83. The zero-order chi connectivity index (χ0) is 30.2. The summed E-state index contributed by atoms with van der Waals surface area (Å²) < 4.78 is 1.26. The minimum Gasteiger partial charge on any atom is -0.371 e. The molecule has 0 heterocycles. The Hall–Kier alpha value is -0.500. The van der Waals surface area contributed by atoms with Gasteiger partial charge in [0.25, 0.3) is 0 Å². The molecule has 1 rings (SSSR count). The molecule has 0 radical (unpaired) electrons. The van der Waals surface area contributed by atoms with Gasteiger partial charge in [-0.3, -0.25) is 0 Å². The summed E-state index contributed by atoms with van der Waals surface area (Å²) in [5, 5.41) is 0. The van der Waals surface area contributed by atoms with Gasteiger partial charge < -0.3 is 4.90 Å². The first-order valence-corrected chi connectivity index (χ1v) is 20.1. The molecule has 0 saturated heterocycles. The Labute approximate surface area is 273 Å². The summed E-state index contributed by atoms with van der Waals surface area (Å²) in [6, 6.07) is 8.86. The van der Waals surface area contributed by atoms with E-state index in [4.69, 9.17) is 0 Å². The van der Waals surface area contributed by atoms with Crippen LogP contribution in [0.15, 0.2) is 28.7 Å². The predicted molar refractivity (Wildman–Crippen MR) is 196 cm³/mol. The second-order valence-electron chi connectivity index (χ2n) is 13.3. The fraction of sp³-hybridized carbons (Fsp3) is 0.850. The standard InChI is InChI=1S/C40H74BrN/c1-3-5-7-9-11-13-15-17-19-21-23-25-27-29-33-37-42(40-36-32-31-35-39(40)41)38-34-30-28-26-24-22-20-18-16-14-12-10-8-6-4-2/h31-32,35-36H,3-30,33-34,37-38H2,1-2H3. The highest BCUT2D eigenvalue weighted by Gasteiger charge is 2.09. The molecule has 1 aromatic rings. The summed E-state index contributed by atoms with van der Waals surface area (Å²) in [4.78, 5) is 2.66. The van der Waals surface area contributed by atoms with Gasteiger partial charge in [0.05, 0.1) is 5.69 Å². The van der Waals surface area contributed by atoms with E-state index in [-0.39, 0.29) is 0 Å². The van der Waals surface area contributed by atoms with Gasteiger partial charge in [-0.15, -0.1) is 0 Å². The molecule has 0 unspecified atom stereocenters. The lowest BCUT2D eigenvalue weighted by Gasteiger charge is -2.26. The molecule has 0 fully saturated rings.